The molecule has 0 saturated carbocycles. The molecule has 3 heteroatoms. The Morgan fingerprint density at radius 1 is 1.12 bits per heavy atom. The van der Waals surface area contributed by atoms with Gasteiger partial charge < -0.3 is 10.8 Å². The van der Waals surface area contributed by atoms with Gasteiger partial charge in [0.15, 0.2) is 0 Å². The third-order valence-corrected chi connectivity index (χ3v) is 3.21. The summed E-state index contributed by atoms with van der Waals surface area (Å²) in [5.74, 6) is 0.275. The van der Waals surface area contributed by atoms with Crippen molar-refractivity contribution in [2.24, 2.45) is 5.73 Å². The van der Waals surface area contributed by atoms with Crippen LogP contribution in [-0.2, 0) is 12.8 Å². The molecule has 1 atom stereocenters. The molecule has 0 fully saturated rings. The normalized spacial score (nSPS) is 18.1. The molecule has 1 aromatic heterocycles. The Balaban J connectivity index is 2.00. The lowest BCUT2D eigenvalue weighted by Crippen LogP contribution is -2.18. The maximum atomic E-state index is 9.26. The summed E-state index contributed by atoms with van der Waals surface area (Å²) in [6, 6.07) is 9.44. The number of rotatable bonds is 1. The van der Waals surface area contributed by atoms with Crippen molar-refractivity contribution in [1.29, 1.82) is 0 Å². The molecule has 0 saturated heterocycles. The Bertz CT molecular complexity index is 549. The van der Waals surface area contributed by atoms with Gasteiger partial charge in [0.2, 0.25) is 0 Å². The number of phenolic OH excluding ortho intramolecular Hbond substituents is 1. The van der Waals surface area contributed by atoms with Gasteiger partial charge in [-0.3, -0.25) is 4.98 Å². The molecule has 1 aliphatic carbocycles. The van der Waals surface area contributed by atoms with E-state index >= 15 is 0 Å². The second-order valence-corrected chi connectivity index (χ2v) is 4.55. The van der Waals surface area contributed by atoms with Gasteiger partial charge in [-0.05, 0) is 54.3 Å². The minimum atomic E-state index is 0.238. The van der Waals surface area contributed by atoms with Crippen molar-refractivity contribution in [3.8, 4) is 17.0 Å². The monoisotopic (exact) mass is 226 g/mol. The van der Waals surface area contributed by atoms with Crippen LogP contribution in [0, 0.1) is 0 Å². The predicted octanol–water partition coefficient (Wildman–Crippen LogP) is 1.88. The van der Waals surface area contributed by atoms with Crippen LogP contribution in [0.3, 0.4) is 0 Å². The van der Waals surface area contributed by atoms with Crippen LogP contribution in [0.25, 0.3) is 11.3 Å². The number of fused-ring (bicyclic) bond motifs is 1. The minimum Gasteiger partial charge on any atom is -0.508 e. The molecule has 3 nitrogen and oxygen atoms in total. The summed E-state index contributed by atoms with van der Waals surface area (Å²) in [6.07, 6.45) is 3.78. The van der Waals surface area contributed by atoms with E-state index in [4.69, 9.17) is 5.73 Å². The van der Waals surface area contributed by atoms with E-state index in [1.807, 2.05) is 18.3 Å². The molecular formula is C14H14N2O. The smallest absolute Gasteiger partial charge is 0.115 e. The van der Waals surface area contributed by atoms with Crippen molar-refractivity contribution < 1.29 is 5.11 Å². The first-order valence-corrected chi connectivity index (χ1v) is 5.75. The van der Waals surface area contributed by atoms with Crippen LogP contribution >= 0.6 is 0 Å². The highest BCUT2D eigenvalue weighted by Crippen LogP contribution is 2.26. The highest BCUT2D eigenvalue weighted by atomic mass is 16.3. The van der Waals surface area contributed by atoms with E-state index in [1.165, 1.54) is 11.1 Å². The number of hydrogen-bond acceptors (Lipinski definition) is 3. The molecule has 3 N–H and O–H groups in total. The van der Waals surface area contributed by atoms with Crippen LogP contribution in [0.1, 0.15) is 11.1 Å². The summed E-state index contributed by atoms with van der Waals surface area (Å²) in [7, 11) is 0. The number of aromatic nitrogens is 1. The first-order chi connectivity index (χ1) is 8.22. The van der Waals surface area contributed by atoms with Gasteiger partial charge in [0.25, 0.3) is 0 Å². The lowest BCUT2D eigenvalue weighted by molar-refractivity contribution is 0.475. The molecule has 0 bridgehead atoms. The van der Waals surface area contributed by atoms with Gasteiger partial charge in [0.1, 0.15) is 5.75 Å². The Morgan fingerprint density at radius 2 is 1.82 bits per heavy atom. The summed E-state index contributed by atoms with van der Waals surface area (Å²) >= 11 is 0. The van der Waals surface area contributed by atoms with E-state index in [0.717, 1.165) is 24.1 Å². The third-order valence-electron chi connectivity index (χ3n) is 3.21. The Hall–Kier alpha value is -1.87. The van der Waals surface area contributed by atoms with Crippen molar-refractivity contribution in [2.75, 3.05) is 0 Å². The minimum absolute atomic E-state index is 0.238. The number of pyridine rings is 1. The van der Waals surface area contributed by atoms with Crippen molar-refractivity contribution in [1.82, 2.24) is 4.98 Å². The molecule has 0 aliphatic heterocycles. The van der Waals surface area contributed by atoms with Gasteiger partial charge in [-0.2, -0.15) is 0 Å². The fraction of sp³-hybridized carbons (Fsp3) is 0.214. The highest BCUT2D eigenvalue weighted by Gasteiger charge is 2.18. The van der Waals surface area contributed by atoms with Gasteiger partial charge in [0, 0.05) is 17.8 Å². The fourth-order valence-corrected chi connectivity index (χ4v) is 2.33. The van der Waals surface area contributed by atoms with Crippen LogP contribution in [-0.4, -0.2) is 16.1 Å². The number of benzene rings is 1. The Labute approximate surface area is 99.9 Å². The van der Waals surface area contributed by atoms with Crippen molar-refractivity contribution in [3.05, 3.63) is 47.7 Å². The first-order valence-electron chi connectivity index (χ1n) is 5.75. The summed E-state index contributed by atoms with van der Waals surface area (Å²) in [4.78, 5) is 4.45. The maximum absolute atomic E-state index is 9.26. The molecule has 1 aliphatic rings. The summed E-state index contributed by atoms with van der Waals surface area (Å²) in [6.45, 7) is 0. The van der Waals surface area contributed by atoms with Crippen LogP contribution in [0.2, 0.25) is 0 Å². The zero-order chi connectivity index (χ0) is 11.8. The number of nitrogens with two attached hydrogens (primary N) is 1. The SMILES string of the molecule is NC1Cc2cnc(-c3ccc(O)cc3)cc2C1. The average molecular weight is 226 g/mol. The average Bonchev–Trinajstić information content (AvgIpc) is 2.69. The summed E-state index contributed by atoms with van der Waals surface area (Å²) < 4.78 is 0. The van der Waals surface area contributed by atoms with Gasteiger partial charge in [-0.1, -0.05) is 0 Å². The Morgan fingerprint density at radius 3 is 2.59 bits per heavy atom. The second kappa shape index (κ2) is 3.86. The van der Waals surface area contributed by atoms with Gasteiger partial charge in [-0.25, -0.2) is 0 Å². The van der Waals surface area contributed by atoms with Crippen LogP contribution in [0.15, 0.2) is 36.5 Å². The lowest BCUT2D eigenvalue weighted by atomic mass is 10.1. The molecule has 17 heavy (non-hydrogen) atoms. The molecule has 3 rings (SSSR count). The third kappa shape index (κ3) is 1.89. The van der Waals surface area contributed by atoms with E-state index in [2.05, 4.69) is 11.1 Å². The van der Waals surface area contributed by atoms with Gasteiger partial charge >= 0.3 is 0 Å². The quantitative estimate of drug-likeness (QED) is 0.780. The molecule has 1 heterocycles. The fourth-order valence-electron chi connectivity index (χ4n) is 2.33. The molecule has 1 unspecified atom stereocenters. The molecule has 0 radical (unpaired) electrons. The number of hydrogen-bond donors (Lipinski definition) is 2. The number of phenols is 1. The largest absolute Gasteiger partial charge is 0.508 e. The van der Waals surface area contributed by atoms with E-state index in [-0.39, 0.29) is 11.8 Å². The van der Waals surface area contributed by atoms with Crippen molar-refractivity contribution in [2.45, 2.75) is 18.9 Å². The first kappa shape index (κ1) is 10.3. The highest BCUT2D eigenvalue weighted by molar-refractivity contribution is 5.61. The summed E-state index contributed by atoms with van der Waals surface area (Å²) in [5.41, 5.74) is 10.5. The molecule has 86 valence electrons. The topological polar surface area (TPSA) is 59.1 Å². The van der Waals surface area contributed by atoms with Crippen LogP contribution in [0.4, 0.5) is 0 Å². The lowest BCUT2D eigenvalue weighted by Gasteiger charge is -2.04. The van der Waals surface area contributed by atoms with Crippen LogP contribution in [0.5, 0.6) is 5.75 Å². The number of nitrogens with zero attached hydrogens (tertiary/aromatic N) is 1. The standard InChI is InChI=1S/C14H14N2O/c15-12-5-10-7-14(16-8-11(10)6-12)9-1-3-13(17)4-2-9/h1-4,7-8,12,17H,5-6,15H2. The summed E-state index contributed by atoms with van der Waals surface area (Å²) in [5, 5.41) is 9.26. The maximum Gasteiger partial charge on any atom is 0.115 e. The van der Waals surface area contributed by atoms with Crippen molar-refractivity contribution >= 4 is 0 Å². The molecule has 1 aromatic carbocycles. The zero-order valence-electron chi connectivity index (χ0n) is 9.43. The predicted molar refractivity (Wildman–Crippen MR) is 66.7 cm³/mol. The zero-order valence-corrected chi connectivity index (χ0v) is 9.43. The van der Waals surface area contributed by atoms with E-state index in [9.17, 15) is 5.11 Å². The Kier molecular flexibility index (Phi) is 2.34. The van der Waals surface area contributed by atoms with Gasteiger partial charge in [-0.15, -0.1) is 0 Å². The molecule has 0 amide bonds. The molecular weight excluding hydrogens is 212 g/mol. The van der Waals surface area contributed by atoms with Crippen LogP contribution < -0.4 is 5.73 Å². The van der Waals surface area contributed by atoms with E-state index in [1.54, 1.807) is 12.1 Å². The van der Waals surface area contributed by atoms with Crippen molar-refractivity contribution in [3.63, 3.8) is 0 Å². The van der Waals surface area contributed by atoms with Gasteiger partial charge in [0.05, 0.1) is 5.69 Å². The second-order valence-electron chi connectivity index (χ2n) is 4.55. The van der Waals surface area contributed by atoms with E-state index in [0.29, 0.717) is 0 Å². The molecule has 0 spiro atoms. The molecule has 2 aromatic rings. The number of aromatic hydroxyl groups is 1. The van der Waals surface area contributed by atoms with E-state index < -0.39 is 0 Å².